The van der Waals surface area contributed by atoms with Crippen molar-refractivity contribution >= 4 is 23.2 Å². The highest BCUT2D eigenvalue weighted by atomic mass is 35.5. The van der Waals surface area contributed by atoms with E-state index >= 15 is 0 Å². The molecule has 3 nitrogen and oxygen atoms in total. The Hall–Kier alpha value is -2.04. The van der Waals surface area contributed by atoms with Crippen molar-refractivity contribution in [3.8, 4) is 5.75 Å². The van der Waals surface area contributed by atoms with E-state index in [1.54, 1.807) is 6.07 Å². The van der Waals surface area contributed by atoms with Crippen LogP contribution in [-0.2, 0) is 13.1 Å². The molecular weight excluding hydrogens is 403 g/mol. The highest BCUT2D eigenvalue weighted by Crippen LogP contribution is 2.41. The topological polar surface area (TPSA) is 26.7 Å². The van der Waals surface area contributed by atoms with E-state index < -0.39 is 0 Å². The van der Waals surface area contributed by atoms with Gasteiger partial charge in [-0.1, -0.05) is 83.9 Å². The maximum Gasteiger partial charge on any atom is 0.140 e. The van der Waals surface area contributed by atoms with Gasteiger partial charge in [-0.2, -0.15) is 0 Å². The van der Waals surface area contributed by atoms with Gasteiger partial charge in [-0.3, -0.25) is 9.80 Å². The Kier molecular flexibility index (Phi) is 6.41. The average molecular weight is 427 g/mol. The second-order valence-electron chi connectivity index (χ2n) is 7.46. The molecule has 3 aromatic rings. The lowest BCUT2D eigenvalue weighted by atomic mass is 10.0. The van der Waals surface area contributed by atoms with Crippen molar-refractivity contribution in [3.05, 3.63) is 99.5 Å². The fraction of sp³-hybridized carbons (Fsp3) is 0.250. The number of rotatable bonds is 5. The van der Waals surface area contributed by atoms with Gasteiger partial charge in [-0.25, -0.2) is 0 Å². The second kappa shape index (κ2) is 9.19. The number of hydrogen-bond acceptors (Lipinski definition) is 3. The van der Waals surface area contributed by atoms with Crippen molar-refractivity contribution in [3.63, 3.8) is 0 Å². The van der Waals surface area contributed by atoms with E-state index in [0.717, 1.165) is 38.2 Å². The zero-order chi connectivity index (χ0) is 20.2. The molecule has 1 aliphatic heterocycles. The Balaban J connectivity index is 1.72. The summed E-state index contributed by atoms with van der Waals surface area (Å²) in [7, 11) is 0. The lowest BCUT2D eigenvalue weighted by molar-refractivity contribution is -0.0103. The van der Waals surface area contributed by atoms with E-state index in [2.05, 4.69) is 58.3 Å². The molecule has 29 heavy (non-hydrogen) atoms. The molecule has 1 saturated heterocycles. The standard InChI is InChI=1S/C24H24Cl2N2O/c25-20-14-21(23(29)22(26)15-20)24-27(16-18-8-3-1-4-9-18)12-7-13-28(24)17-19-10-5-2-6-11-19/h1-6,8-11,14-15,24,29H,7,12-13,16-17H2. The van der Waals surface area contributed by atoms with E-state index in [-0.39, 0.29) is 16.9 Å². The van der Waals surface area contributed by atoms with Crippen LogP contribution in [0.3, 0.4) is 0 Å². The number of hydrogen-bond donors (Lipinski definition) is 1. The van der Waals surface area contributed by atoms with Crippen LogP contribution in [0.4, 0.5) is 0 Å². The largest absolute Gasteiger partial charge is 0.506 e. The summed E-state index contributed by atoms with van der Waals surface area (Å²) >= 11 is 12.6. The monoisotopic (exact) mass is 426 g/mol. The van der Waals surface area contributed by atoms with Gasteiger partial charge in [0.25, 0.3) is 0 Å². The third-order valence-electron chi connectivity index (χ3n) is 5.38. The van der Waals surface area contributed by atoms with Crippen molar-refractivity contribution in [2.45, 2.75) is 25.7 Å². The first kappa shape index (κ1) is 20.2. The normalized spacial score (nSPS) is 16.2. The van der Waals surface area contributed by atoms with E-state index in [1.165, 1.54) is 11.1 Å². The van der Waals surface area contributed by atoms with Crippen LogP contribution < -0.4 is 0 Å². The SMILES string of the molecule is Oc1c(Cl)cc(Cl)cc1C1N(Cc2ccccc2)CCCN1Cc1ccccc1. The molecular formula is C24H24Cl2N2O. The number of phenolic OH excluding ortho intramolecular Hbond substituents is 1. The van der Waals surface area contributed by atoms with E-state index in [0.29, 0.717) is 5.02 Å². The Bertz CT molecular complexity index is 900. The molecule has 0 aromatic heterocycles. The summed E-state index contributed by atoms with van der Waals surface area (Å²) in [6.45, 7) is 3.46. The summed E-state index contributed by atoms with van der Waals surface area (Å²) in [5.74, 6) is 0.110. The lowest BCUT2D eigenvalue weighted by Gasteiger charge is -2.44. The molecule has 0 unspecified atom stereocenters. The van der Waals surface area contributed by atoms with Crippen molar-refractivity contribution in [1.29, 1.82) is 0 Å². The molecule has 0 atom stereocenters. The Labute approximate surface area is 182 Å². The molecule has 0 saturated carbocycles. The van der Waals surface area contributed by atoms with Crippen LogP contribution in [0, 0.1) is 0 Å². The van der Waals surface area contributed by atoms with Crippen molar-refractivity contribution in [2.24, 2.45) is 0 Å². The first-order valence-electron chi connectivity index (χ1n) is 9.85. The molecule has 150 valence electrons. The molecule has 0 bridgehead atoms. The molecule has 1 heterocycles. The summed E-state index contributed by atoms with van der Waals surface area (Å²) in [6.07, 6.45) is 0.950. The Morgan fingerprint density at radius 2 is 1.31 bits per heavy atom. The van der Waals surface area contributed by atoms with E-state index in [9.17, 15) is 5.11 Å². The Morgan fingerprint density at radius 3 is 1.83 bits per heavy atom. The summed E-state index contributed by atoms with van der Waals surface area (Å²) in [6, 6.07) is 24.3. The van der Waals surface area contributed by atoms with Crippen molar-refractivity contribution < 1.29 is 5.11 Å². The van der Waals surface area contributed by atoms with Crippen LogP contribution >= 0.6 is 23.2 Å². The number of aromatic hydroxyl groups is 1. The number of benzene rings is 3. The fourth-order valence-electron chi connectivity index (χ4n) is 4.10. The van der Waals surface area contributed by atoms with Gasteiger partial charge in [0.15, 0.2) is 0 Å². The van der Waals surface area contributed by atoms with Crippen molar-refractivity contribution in [1.82, 2.24) is 9.80 Å². The average Bonchev–Trinajstić information content (AvgIpc) is 2.73. The molecule has 0 spiro atoms. The van der Waals surface area contributed by atoms with Crippen LogP contribution in [0.1, 0.15) is 29.3 Å². The van der Waals surface area contributed by atoms with Gasteiger partial charge in [0.1, 0.15) is 5.75 Å². The highest BCUT2D eigenvalue weighted by molar-refractivity contribution is 6.35. The minimum absolute atomic E-state index is 0.110. The maximum absolute atomic E-state index is 10.8. The summed E-state index contributed by atoms with van der Waals surface area (Å²) in [5, 5.41) is 11.6. The third kappa shape index (κ3) is 4.76. The van der Waals surface area contributed by atoms with Gasteiger partial charge in [0.2, 0.25) is 0 Å². The molecule has 0 aliphatic carbocycles. The van der Waals surface area contributed by atoms with Crippen LogP contribution in [0.2, 0.25) is 10.0 Å². The van der Waals surface area contributed by atoms with Crippen LogP contribution in [0.5, 0.6) is 5.75 Å². The van der Waals surface area contributed by atoms with E-state index in [4.69, 9.17) is 23.2 Å². The van der Waals surface area contributed by atoms with Crippen LogP contribution in [-0.4, -0.2) is 28.0 Å². The minimum Gasteiger partial charge on any atom is -0.506 e. The Morgan fingerprint density at radius 1 is 0.793 bits per heavy atom. The molecule has 4 rings (SSSR count). The minimum atomic E-state index is -0.111. The van der Waals surface area contributed by atoms with Gasteiger partial charge >= 0.3 is 0 Å². The van der Waals surface area contributed by atoms with Crippen LogP contribution in [0.25, 0.3) is 0 Å². The molecule has 0 radical (unpaired) electrons. The zero-order valence-corrected chi connectivity index (χ0v) is 17.7. The summed E-state index contributed by atoms with van der Waals surface area (Å²) in [4.78, 5) is 4.78. The van der Waals surface area contributed by atoms with Gasteiger partial charge in [0.05, 0.1) is 11.2 Å². The zero-order valence-electron chi connectivity index (χ0n) is 16.1. The molecule has 5 heteroatoms. The quantitative estimate of drug-likeness (QED) is 0.533. The molecule has 1 fully saturated rings. The van der Waals surface area contributed by atoms with E-state index in [1.807, 2.05) is 18.2 Å². The molecule has 1 aliphatic rings. The molecule has 3 aromatic carbocycles. The third-order valence-corrected chi connectivity index (χ3v) is 5.88. The predicted octanol–water partition coefficient (Wildman–Crippen LogP) is 6.11. The van der Waals surface area contributed by atoms with Crippen LogP contribution in [0.15, 0.2) is 72.8 Å². The number of nitrogens with zero attached hydrogens (tertiary/aromatic N) is 2. The smallest absolute Gasteiger partial charge is 0.140 e. The highest BCUT2D eigenvalue weighted by Gasteiger charge is 2.33. The van der Waals surface area contributed by atoms with Gasteiger partial charge in [-0.15, -0.1) is 0 Å². The first-order chi connectivity index (χ1) is 14.1. The maximum atomic E-state index is 10.8. The first-order valence-corrected chi connectivity index (χ1v) is 10.6. The second-order valence-corrected chi connectivity index (χ2v) is 8.31. The van der Waals surface area contributed by atoms with Gasteiger partial charge < -0.3 is 5.11 Å². The summed E-state index contributed by atoms with van der Waals surface area (Å²) in [5.41, 5.74) is 3.24. The fourth-order valence-corrected chi connectivity index (χ4v) is 4.60. The molecule has 1 N–H and O–H groups in total. The predicted molar refractivity (Wildman–Crippen MR) is 119 cm³/mol. The number of halogens is 2. The number of phenols is 1. The van der Waals surface area contributed by atoms with Gasteiger partial charge in [-0.05, 0) is 29.7 Å². The molecule has 0 amide bonds. The lowest BCUT2D eigenvalue weighted by Crippen LogP contribution is -2.46. The van der Waals surface area contributed by atoms with Gasteiger partial charge in [0, 0.05) is 36.8 Å². The van der Waals surface area contributed by atoms with Crippen molar-refractivity contribution in [2.75, 3.05) is 13.1 Å². The summed E-state index contributed by atoms with van der Waals surface area (Å²) < 4.78 is 0.